The molecule has 5 heteroatoms. The van der Waals surface area contributed by atoms with E-state index in [9.17, 15) is 10.0 Å². The molecule has 1 aromatic heterocycles. The number of carbonyl (C=O) groups excluding carboxylic acids is 1. The summed E-state index contributed by atoms with van der Waals surface area (Å²) in [5.74, 6) is -0.512. The third-order valence-electron chi connectivity index (χ3n) is 2.50. The highest BCUT2D eigenvalue weighted by molar-refractivity contribution is 5.88. The van der Waals surface area contributed by atoms with Gasteiger partial charge in [-0.2, -0.15) is 4.73 Å². The zero-order chi connectivity index (χ0) is 11.0. The lowest BCUT2D eigenvalue weighted by Gasteiger charge is -2.05. The molecule has 15 heavy (non-hydrogen) atoms. The van der Waals surface area contributed by atoms with Crippen molar-refractivity contribution >= 4 is 5.97 Å². The Kier molecular flexibility index (Phi) is 2.32. The van der Waals surface area contributed by atoms with Crippen LogP contribution in [0.2, 0.25) is 0 Å². The number of ether oxygens (including phenoxy) is 2. The quantitative estimate of drug-likeness (QED) is 0.388. The topological polar surface area (TPSA) is 62.5 Å². The fraction of sp³-hybridized carbons (Fsp3) is 0.400. The SMILES string of the molecule is COC(=O)c1cc2c([n+]([O-])c1)COC2C. The van der Waals surface area contributed by atoms with Crippen LogP contribution in [0.3, 0.4) is 0 Å². The van der Waals surface area contributed by atoms with Gasteiger partial charge in [0.1, 0.15) is 12.2 Å². The molecule has 0 saturated carbocycles. The lowest BCUT2D eigenvalue weighted by atomic mass is 10.1. The smallest absolute Gasteiger partial charge is 0.344 e. The fourth-order valence-corrected chi connectivity index (χ4v) is 1.64. The van der Waals surface area contributed by atoms with Crippen LogP contribution in [0.1, 0.15) is 34.6 Å². The number of rotatable bonds is 1. The van der Waals surface area contributed by atoms with E-state index in [0.29, 0.717) is 17.0 Å². The second-order valence-corrected chi connectivity index (χ2v) is 3.40. The van der Waals surface area contributed by atoms with Crippen LogP contribution >= 0.6 is 0 Å². The molecule has 0 saturated heterocycles. The molecule has 0 aromatic carbocycles. The Balaban J connectivity index is 2.50. The molecule has 1 aromatic rings. The molecule has 1 aliphatic heterocycles. The van der Waals surface area contributed by atoms with Gasteiger partial charge < -0.3 is 14.7 Å². The zero-order valence-electron chi connectivity index (χ0n) is 8.52. The largest absolute Gasteiger partial charge is 0.618 e. The highest BCUT2D eigenvalue weighted by Gasteiger charge is 2.28. The van der Waals surface area contributed by atoms with E-state index in [0.717, 1.165) is 5.56 Å². The first-order chi connectivity index (χ1) is 7.13. The van der Waals surface area contributed by atoms with Crippen molar-refractivity contribution in [2.24, 2.45) is 0 Å². The van der Waals surface area contributed by atoms with Crippen LogP contribution in [-0.2, 0) is 16.1 Å². The molecule has 1 unspecified atom stereocenters. The van der Waals surface area contributed by atoms with E-state index in [-0.39, 0.29) is 11.7 Å². The first-order valence-electron chi connectivity index (χ1n) is 4.59. The van der Waals surface area contributed by atoms with Crippen LogP contribution in [0, 0.1) is 5.21 Å². The van der Waals surface area contributed by atoms with Crippen LogP contribution in [0.4, 0.5) is 0 Å². The van der Waals surface area contributed by atoms with Crippen LogP contribution in [0.25, 0.3) is 0 Å². The number of hydrogen-bond acceptors (Lipinski definition) is 4. The monoisotopic (exact) mass is 209 g/mol. The number of esters is 1. The Morgan fingerprint density at radius 3 is 3.13 bits per heavy atom. The average molecular weight is 209 g/mol. The van der Waals surface area contributed by atoms with Gasteiger partial charge in [0.15, 0.2) is 6.20 Å². The number of hydrogen-bond donors (Lipinski definition) is 0. The maximum Gasteiger partial charge on any atom is 0.344 e. The highest BCUT2D eigenvalue weighted by atomic mass is 16.5. The predicted molar refractivity (Wildman–Crippen MR) is 49.9 cm³/mol. The van der Waals surface area contributed by atoms with Crippen LogP contribution < -0.4 is 4.73 Å². The van der Waals surface area contributed by atoms with E-state index < -0.39 is 5.97 Å². The predicted octanol–water partition coefficient (Wildman–Crippen LogP) is 0.698. The van der Waals surface area contributed by atoms with E-state index in [1.165, 1.54) is 13.3 Å². The van der Waals surface area contributed by atoms with Gasteiger partial charge in [-0.3, -0.25) is 0 Å². The van der Waals surface area contributed by atoms with Crippen molar-refractivity contribution in [2.75, 3.05) is 7.11 Å². The number of pyridine rings is 1. The number of aromatic nitrogens is 1. The van der Waals surface area contributed by atoms with Crippen molar-refractivity contribution in [3.05, 3.63) is 34.3 Å². The third kappa shape index (κ3) is 1.55. The molecule has 0 N–H and O–H groups in total. The van der Waals surface area contributed by atoms with Gasteiger partial charge in [-0.15, -0.1) is 0 Å². The molecule has 80 valence electrons. The van der Waals surface area contributed by atoms with Gasteiger partial charge in [-0.25, -0.2) is 4.79 Å². The summed E-state index contributed by atoms with van der Waals surface area (Å²) in [6, 6.07) is 1.65. The highest BCUT2D eigenvalue weighted by Crippen LogP contribution is 2.28. The molecular formula is C10H11NO4. The molecule has 0 bridgehead atoms. The minimum atomic E-state index is -0.512. The van der Waals surface area contributed by atoms with Crippen LogP contribution in [0.15, 0.2) is 12.3 Å². The summed E-state index contributed by atoms with van der Waals surface area (Å²) in [5, 5.41) is 11.5. The maximum atomic E-state index is 11.5. The molecule has 0 radical (unpaired) electrons. The molecule has 1 atom stereocenters. The Bertz CT molecular complexity index is 416. The molecule has 2 rings (SSSR count). The second-order valence-electron chi connectivity index (χ2n) is 3.40. The summed E-state index contributed by atoms with van der Waals surface area (Å²) in [5.41, 5.74) is 1.58. The van der Waals surface area contributed by atoms with Gasteiger partial charge in [0.2, 0.25) is 5.69 Å². The standard InChI is InChI=1S/C10H11NO4/c1-6-8-3-7(10(12)14-2)4-11(13)9(8)5-15-6/h3-4,6H,5H2,1-2H3. The summed E-state index contributed by atoms with van der Waals surface area (Å²) in [6.07, 6.45) is 1.07. The number of nitrogens with zero attached hydrogens (tertiary/aromatic N) is 1. The number of carbonyl (C=O) groups is 1. The van der Waals surface area contributed by atoms with Crippen molar-refractivity contribution in [3.8, 4) is 0 Å². The molecular weight excluding hydrogens is 198 g/mol. The van der Waals surface area contributed by atoms with Gasteiger partial charge in [0, 0.05) is 0 Å². The average Bonchev–Trinajstić information content (AvgIpc) is 2.60. The normalized spacial score (nSPS) is 18.7. The molecule has 1 aliphatic rings. The molecule has 5 nitrogen and oxygen atoms in total. The Labute approximate surface area is 86.8 Å². The molecule has 0 fully saturated rings. The summed E-state index contributed by atoms with van der Waals surface area (Å²) < 4.78 is 10.5. The van der Waals surface area contributed by atoms with Crippen molar-refractivity contribution in [3.63, 3.8) is 0 Å². The summed E-state index contributed by atoms with van der Waals surface area (Å²) in [4.78, 5) is 11.3. The molecule has 0 amide bonds. The summed E-state index contributed by atoms with van der Waals surface area (Å²) in [7, 11) is 1.28. The number of fused-ring (bicyclic) bond motifs is 1. The lowest BCUT2D eigenvalue weighted by Crippen LogP contribution is -2.33. The van der Waals surface area contributed by atoms with Gasteiger partial charge in [0.25, 0.3) is 0 Å². The van der Waals surface area contributed by atoms with Gasteiger partial charge >= 0.3 is 5.97 Å². The van der Waals surface area contributed by atoms with Crippen LogP contribution in [-0.4, -0.2) is 13.1 Å². The van der Waals surface area contributed by atoms with E-state index in [4.69, 9.17) is 4.74 Å². The Hall–Kier alpha value is -1.62. The first kappa shape index (κ1) is 9.92. The molecule has 2 heterocycles. The zero-order valence-corrected chi connectivity index (χ0v) is 8.52. The summed E-state index contributed by atoms with van der Waals surface area (Å²) in [6.45, 7) is 2.13. The van der Waals surface area contributed by atoms with E-state index in [1.54, 1.807) is 6.07 Å². The van der Waals surface area contributed by atoms with Crippen LogP contribution in [0.5, 0.6) is 0 Å². The van der Waals surface area contributed by atoms with Crippen molar-refractivity contribution in [1.82, 2.24) is 0 Å². The minimum absolute atomic E-state index is 0.148. The van der Waals surface area contributed by atoms with Gasteiger partial charge in [0.05, 0.1) is 18.8 Å². The fourth-order valence-electron chi connectivity index (χ4n) is 1.64. The second kappa shape index (κ2) is 3.51. The lowest BCUT2D eigenvalue weighted by molar-refractivity contribution is -0.615. The maximum absolute atomic E-state index is 11.5. The third-order valence-corrected chi connectivity index (χ3v) is 2.50. The van der Waals surface area contributed by atoms with E-state index in [1.807, 2.05) is 6.92 Å². The van der Waals surface area contributed by atoms with E-state index >= 15 is 0 Å². The number of methoxy groups -OCH3 is 1. The Morgan fingerprint density at radius 1 is 1.73 bits per heavy atom. The van der Waals surface area contributed by atoms with Gasteiger partial charge in [-0.1, -0.05) is 0 Å². The minimum Gasteiger partial charge on any atom is -0.618 e. The molecule has 0 aliphatic carbocycles. The van der Waals surface area contributed by atoms with Crippen molar-refractivity contribution < 1.29 is 19.0 Å². The van der Waals surface area contributed by atoms with Crippen molar-refractivity contribution in [2.45, 2.75) is 19.6 Å². The Morgan fingerprint density at radius 2 is 2.47 bits per heavy atom. The van der Waals surface area contributed by atoms with Gasteiger partial charge in [-0.05, 0) is 13.0 Å². The van der Waals surface area contributed by atoms with E-state index in [2.05, 4.69) is 4.74 Å². The molecule has 0 spiro atoms. The first-order valence-corrected chi connectivity index (χ1v) is 4.59. The van der Waals surface area contributed by atoms with Crippen molar-refractivity contribution in [1.29, 1.82) is 0 Å². The summed E-state index contributed by atoms with van der Waals surface area (Å²) >= 11 is 0.